The van der Waals surface area contributed by atoms with E-state index in [0.29, 0.717) is 11.8 Å². The van der Waals surface area contributed by atoms with Gasteiger partial charge >= 0.3 is 0 Å². The van der Waals surface area contributed by atoms with Gasteiger partial charge in [-0.05, 0) is 52.0 Å². The van der Waals surface area contributed by atoms with Crippen LogP contribution >= 0.6 is 0 Å². The largest absolute Gasteiger partial charge is 0.335 e. The van der Waals surface area contributed by atoms with Crippen LogP contribution in [0.3, 0.4) is 0 Å². The van der Waals surface area contributed by atoms with Crippen molar-refractivity contribution in [1.29, 1.82) is 0 Å². The molecule has 0 saturated carbocycles. The summed E-state index contributed by atoms with van der Waals surface area (Å²) >= 11 is 0. The highest BCUT2D eigenvalue weighted by Crippen LogP contribution is 2.20. The maximum Gasteiger partial charge on any atom is 0.250 e. The molecule has 2 rings (SSSR count). The number of nitrogens with zero attached hydrogens (tertiary/aromatic N) is 4. The normalized spacial score (nSPS) is 18.1. The van der Waals surface area contributed by atoms with Crippen LogP contribution in [0.25, 0.3) is 6.08 Å². The first-order valence-corrected chi connectivity index (χ1v) is 6.99. The first-order valence-electron chi connectivity index (χ1n) is 6.99. The Labute approximate surface area is 115 Å². The molecule has 106 valence electrons. The predicted molar refractivity (Wildman–Crippen MR) is 75.8 cm³/mol. The fourth-order valence-corrected chi connectivity index (χ4v) is 2.45. The summed E-state index contributed by atoms with van der Waals surface area (Å²) in [4.78, 5) is 9.07. The van der Waals surface area contributed by atoms with Crippen LogP contribution in [0.5, 0.6) is 0 Å². The second-order valence-electron chi connectivity index (χ2n) is 5.55. The number of likely N-dealkylation sites (tertiary alicyclic amines) is 1. The molecular weight excluding hydrogens is 240 g/mol. The topological polar surface area (TPSA) is 45.4 Å². The van der Waals surface area contributed by atoms with Gasteiger partial charge in [-0.25, -0.2) is 0 Å². The van der Waals surface area contributed by atoms with E-state index in [9.17, 15) is 0 Å². The van der Waals surface area contributed by atoms with E-state index in [1.807, 2.05) is 0 Å². The van der Waals surface area contributed by atoms with Crippen LogP contribution < -0.4 is 0 Å². The smallest absolute Gasteiger partial charge is 0.250 e. The second-order valence-corrected chi connectivity index (χ2v) is 5.55. The van der Waals surface area contributed by atoms with E-state index in [-0.39, 0.29) is 0 Å². The Balaban J connectivity index is 1.72. The van der Waals surface area contributed by atoms with Crippen molar-refractivity contribution < 1.29 is 4.52 Å². The van der Waals surface area contributed by atoms with Crippen LogP contribution in [0.2, 0.25) is 0 Å². The number of hydrogen-bond donors (Lipinski definition) is 0. The zero-order valence-electron chi connectivity index (χ0n) is 12.0. The molecule has 0 aliphatic carbocycles. The number of rotatable bonds is 6. The first-order chi connectivity index (χ1) is 9.17. The highest BCUT2D eigenvalue weighted by Gasteiger charge is 2.21. The minimum Gasteiger partial charge on any atom is -0.335 e. The maximum absolute atomic E-state index is 5.05. The molecule has 0 spiro atoms. The molecule has 1 aliphatic rings. The molecule has 5 heteroatoms. The van der Waals surface area contributed by atoms with E-state index in [2.05, 4.69) is 40.6 Å². The monoisotopic (exact) mass is 264 g/mol. The zero-order chi connectivity index (χ0) is 13.7. The van der Waals surface area contributed by atoms with Crippen molar-refractivity contribution in [3.05, 3.63) is 18.3 Å². The van der Waals surface area contributed by atoms with Crippen molar-refractivity contribution in [2.75, 3.05) is 40.3 Å². The summed E-state index contributed by atoms with van der Waals surface area (Å²) in [5.74, 6) is 2.03. The van der Waals surface area contributed by atoms with Gasteiger partial charge in [-0.15, -0.1) is 0 Å². The quantitative estimate of drug-likeness (QED) is 0.779. The average molecular weight is 264 g/mol. The Bertz CT molecular complexity index is 394. The van der Waals surface area contributed by atoms with Crippen LogP contribution in [-0.2, 0) is 6.42 Å². The molecular formula is C14H24N4O. The third-order valence-electron chi connectivity index (χ3n) is 3.70. The fraction of sp³-hybridized carbons (Fsp3) is 0.714. The third-order valence-corrected chi connectivity index (χ3v) is 3.70. The molecule has 1 aromatic heterocycles. The van der Waals surface area contributed by atoms with E-state index in [0.717, 1.165) is 18.8 Å². The van der Waals surface area contributed by atoms with Crippen molar-refractivity contribution in [2.45, 2.75) is 19.3 Å². The Morgan fingerprint density at radius 1 is 1.42 bits per heavy atom. The predicted octanol–water partition coefficient (Wildman–Crippen LogP) is 1.53. The van der Waals surface area contributed by atoms with Crippen LogP contribution in [0.15, 0.2) is 11.1 Å². The van der Waals surface area contributed by atoms with Crippen LogP contribution in [0.1, 0.15) is 24.6 Å². The lowest BCUT2D eigenvalue weighted by molar-refractivity contribution is 0.169. The summed E-state index contributed by atoms with van der Waals surface area (Å²) in [6.07, 6.45) is 4.98. The Morgan fingerprint density at radius 2 is 2.16 bits per heavy atom. The Morgan fingerprint density at radius 3 is 2.74 bits per heavy atom. The van der Waals surface area contributed by atoms with Gasteiger partial charge in [0.2, 0.25) is 5.89 Å². The molecule has 2 heterocycles. The molecule has 19 heavy (non-hydrogen) atoms. The summed E-state index contributed by atoms with van der Waals surface area (Å²) in [5, 5.41) is 3.98. The van der Waals surface area contributed by atoms with Gasteiger partial charge in [0.15, 0.2) is 5.82 Å². The van der Waals surface area contributed by atoms with Gasteiger partial charge in [0.1, 0.15) is 0 Å². The molecule has 1 aromatic rings. The molecule has 0 atom stereocenters. The molecule has 0 aromatic carbocycles. The van der Waals surface area contributed by atoms with Crippen molar-refractivity contribution in [3.63, 3.8) is 0 Å². The number of aromatic nitrogens is 2. The zero-order valence-corrected chi connectivity index (χ0v) is 12.0. The number of piperidine rings is 1. The standard InChI is InChI=1S/C14H24N4O/c1-4-14-15-13(16-19-14)11-12-5-7-18(8-6-12)10-9-17(2)3/h4,12H,1,5-11H2,2-3H3. The lowest BCUT2D eigenvalue weighted by atomic mass is 9.93. The van der Waals surface area contributed by atoms with Gasteiger partial charge in [0, 0.05) is 19.5 Å². The van der Waals surface area contributed by atoms with E-state index < -0.39 is 0 Å². The number of likely N-dealkylation sites (N-methyl/N-ethyl adjacent to an activating group) is 1. The van der Waals surface area contributed by atoms with E-state index in [1.165, 1.54) is 32.5 Å². The molecule has 0 amide bonds. The maximum atomic E-state index is 5.05. The summed E-state index contributed by atoms with van der Waals surface area (Å²) < 4.78 is 5.05. The summed E-state index contributed by atoms with van der Waals surface area (Å²) in [5.41, 5.74) is 0. The lowest BCUT2D eigenvalue weighted by Crippen LogP contribution is -2.38. The molecule has 1 saturated heterocycles. The van der Waals surface area contributed by atoms with Gasteiger partial charge in [-0.3, -0.25) is 0 Å². The van der Waals surface area contributed by atoms with Gasteiger partial charge in [-0.2, -0.15) is 4.98 Å². The molecule has 5 nitrogen and oxygen atoms in total. The van der Waals surface area contributed by atoms with Crippen LogP contribution in [0, 0.1) is 5.92 Å². The summed E-state index contributed by atoms with van der Waals surface area (Å²) in [7, 11) is 4.25. The lowest BCUT2D eigenvalue weighted by Gasteiger charge is -2.32. The molecule has 0 bridgehead atoms. The Hall–Kier alpha value is -1.20. The van der Waals surface area contributed by atoms with E-state index in [4.69, 9.17) is 4.52 Å². The van der Waals surface area contributed by atoms with Crippen molar-refractivity contribution in [3.8, 4) is 0 Å². The van der Waals surface area contributed by atoms with Gasteiger partial charge in [-0.1, -0.05) is 11.7 Å². The van der Waals surface area contributed by atoms with Crippen molar-refractivity contribution in [2.24, 2.45) is 5.92 Å². The van der Waals surface area contributed by atoms with Crippen molar-refractivity contribution >= 4 is 6.08 Å². The minimum absolute atomic E-state index is 0.526. The average Bonchev–Trinajstić information content (AvgIpc) is 2.85. The number of hydrogen-bond acceptors (Lipinski definition) is 5. The molecule has 1 fully saturated rings. The third kappa shape index (κ3) is 4.44. The Kier molecular flexibility index (Phi) is 5.10. The first kappa shape index (κ1) is 14.2. The summed E-state index contributed by atoms with van der Waals surface area (Å²) in [6.45, 7) is 8.31. The van der Waals surface area contributed by atoms with Crippen LogP contribution in [-0.4, -0.2) is 60.2 Å². The molecule has 0 radical (unpaired) electrons. The molecule has 0 N–H and O–H groups in total. The fourth-order valence-electron chi connectivity index (χ4n) is 2.45. The highest BCUT2D eigenvalue weighted by atomic mass is 16.5. The van der Waals surface area contributed by atoms with E-state index >= 15 is 0 Å². The van der Waals surface area contributed by atoms with Gasteiger partial charge in [0.25, 0.3) is 0 Å². The van der Waals surface area contributed by atoms with E-state index in [1.54, 1.807) is 6.08 Å². The van der Waals surface area contributed by atoms with Crippen LogP contribution in [0.4, 0.5) is 0 Å². The minimum atomic E-state index is 0.526. The van der Waals surface area contributed by atoms with Gasteiger partial charge < -0.3 is 14.3 Å². The summed E-state index contributed by atoms with van der Waals surface area (Å²) in [6, 6.07) is 0. The van der Waals surface area contributed by atoms with Gasteiger partial charge in [0.05, 0.1) is 0 Å². The highest BCUT2D eigenvalue weighted by molar-refractivity contribution is 5.32. The molecule has 1 aliphatic heterocycles. The van der Waals surface area contributed by atoms with Crippen molar-refractivity contribution in [1.82, 2.24) is 19.9 Å². The second kappa shape index (κ2) is 6.82. The molecule has 0 unspecified atom stereocenters. The SMILES string of the molecule is C=Cc1nc(CC2CCN(CCN(C)C)CC2)no1.